The van der Waals surface area contributed by atoms with E-state index in [0.29, 0.717) is 6.42 Å². The van der Waals surface area contributed by atoms with Crippen LogP contribution in [-0.2, 0) is 11.2 Å². The second kappa shape index (κ2) is 7.41. The number of benzene rings is 2. The number of hydrogen-bond donors (Lipinski definition) is 1. The first-order chi connectivity index (χ1) is 10.6. The lowest BCUT2D eigenvalue weighted by Gasteiger charge is -2.05. The summed E-state index contributed by atoms with van der Waals surface area (Å²) in [4.78, 5) is 11.9. The van der Waals surface area contributed by atoms with Crippen LogP contribution in [0, 0.1) is 6.92 Å². The minimum atomic E-state index is -0.128. The van der Waals surface area contributed by atoms with Gasteiger partial charge in [0.2, 0.25) is 5.91 Å². The van der Waals surface area contributed by atoms with Gasteiger partial charge in [0.1, 0.15) is 5.75 Å². The lowest BCUT2D eigenvalue weighted by atomic mass is 10.1. The summed E-state index contributed by atoms with van der Waals surface area (Å²) in [6.07, 6.45) is 0.319. The first-order valence-corrected chi connectivity index (χ1v) is 7.11. The summed E-state index contributed by atoms with van der Waals surface area (Å²) in [5.41, 5.74) is 6.43. The second-order valence-corrected chi connectivity index (χ2v) is 5.12. The van der Waals surface area contributed by atoms with Crippen molar-refractivity contribution >= 4 is 11.6 Å². The quantitative estimate of drug-likeness (QED) is 0.681. The van der Waals surface area contributed by atoms with E-state index in [9.17, 15) is 4.79 Å². The van der Waals surface area contributed by atoms with Crippen LogP contribution in [0.5, 0.6) is 5.75 Å². The number of aryl methyl sites for hydroxylation is 1. The molecule has 2 aromatic rings. The molecule has 0 saturated carbocycles. The first-order valence-electron chi connectivity index (χ1n) is 7.11. The van der Waals surface area contributed by atoms with Crippen LogP contribution in [0.1, 0.15) is 23.6 Å². The number of carbonyl (C=O) groups is 1. The van der Waals surface area contributed by atoms with Gasteiger partial charge in [-0.25, -0.2) is 5.43 Å². The average molecular weight is 296 g/mol. The molecule has 0 bridgehead atoms. The fourth-order valence-corrected chi connectivity index (χ4v) is 1.97. The molecule has 0 atom stereocenters. The molecule has 2 rings (SSSR count). The summed E-state index contributed by atoms with van der Waals surface area (Å²) >= 11 is 0. The maximum atomic E-state index is 11.9. The molecule has 22 heavy (non-hydrogen) atoms. The summed E-state index contributed by atoms with van der Waals surface area (Å²) in [6, 6.07) is 15.4. The van der Waals surface area contributed by atoms with Gasteiger partial charge in [-0.15, -0.1) is 0 Å². The molecule has 0 aliphatic carbocycles. The molecule has 4 heteroatoms. The molecule has 0 saturated heterocycles. The van der Waals surface area contributed by atoms with E-state index in [2.05, 4.69) is 10.5 Å². The fourth-order valence-electron chi connectivity index (χ4n) is 1.97. The van der Waals surface area contributed by atoms with E-state index in [1.165, 1.54) is 5.56 Å². The Kier molecular flexibility index (Phi) is 5.31. The third kappa shape index (κ3) is 4.45. The molecule has 2 aromatic carbocycles. The Bertz CT molecular complexity index is 658. The predicted octanol–water partition coefficient (Wildman–Crippen LogP) is 3.09. The number of hydrogen-bond acceptors (Lipinski definition) is 3. The zero-order valence-electron chi connectivity index (χ0n) is 13.1. The van der Waals surface area contributed by atoms with E-state index >= 15 is 0 Å². The average Bonchev–Trinajstić information content (AvgIpc) is 2.55. The Balaban J connectivity index is 1.94. The Morgan fingerprint density at radius 2 is 1.73 bits per heavy atom. The smallest absolute Gasteiger partial charge is 0.244 e. The predicted molar refractivity (Wildman–Crippen MR) is 88.2 cm³/mol. The molecule has 0 radical (unpaired) electrons. The molecular weight excluding hydrogens is 276 g/mol. The minimum Gasteiger partial charge on any atom is -0.497 e. The number of carbonyl (C=O) groups excluding carboxylic acids is 1. The van der Waals surface area contributed by atoms with Crippen molar-refractivity contribution in [2.45, 2.75) is 20.3 Å². The van der Waals surface area contributed by atoms with Crippen molar-refractivity contribution in [2.24, 2.45) is 5.10 Å². The van der Waals surface area contributed by atoms with E-state index in [1.807, 2.05) is 62.4 Å². The van der Waals surface area contributed by atoms with Gasteiger partial charge in [0.05, 0.1) is 19.2 Å². The molecule has 0 aliphatic rings. The molecule has 0 aromatic heterocycles. The maximum absolute atomic E-state index is 11.9. The molecule has 0 spiro atoms. The minimum absolute atomic E-state index is 0.128. The number of hydrazone groups is 1. The summed E-state index contributed by atoms with van der Waals surface area (Å²) < 4.78 is 5.11. The Morgan fingerprint density at radius 3 is 2.32 bits per heavy atom. The third-order valence-corrected chi connectivity index (χ3v) is 3.34. The van der Waals surface area contributed by atoms with Gasteiger partial charge in [0, 0.05) is 0 Å². The van der Waals surface area contributed by atoms with Crippen molar-refractivity contribution in [2.75, 3.05) is 7.11 Å². The lowest BCUT2D eigenvalue weighted by molar-refractivity contribution is -0.120. The van der Waals surface area contributed by atoms with E-state index in [1.54, 1.807) is 7.11 Å². The Labute approximate surface area is 130 Å². The molecule has 1 amide bonds. The van der Waals surface area contributed by atoms with E-state index in [4.69, 9.17) is 4.74 Å². The number of nitrogens with one attached hydrogen (secondary N) is 1. The van der Waals surface area contributed by atoms with Gasteiger partial charge in [0.15, 0.2) is 0 Å². The van der Waals surface area contributed by atoms with E-state index in [0.717, 1.165) is 22.6 Å². The van der Waals surface area contributed by atoms with Crippen molar-refractivity contribution < 1.29 is 9.53 Å². The van der Waals surface area contributed by atoms with Crippen molar-refractivity contribution in [1.82, 2.24) is 5.43 Å². The monoisotopic (exact) mass is 296 g/mol. The Morgan fingerprint density at radius 1 is 1.09 bits per heavy atom. The highest BCUT2D eigenvalue weighted by atomic mass is 16.5. The summed E-state index contributed by atoms with van der Waals surface area (Å²) in [5.74, 6) is 0.664. The van der Waals surface area contributed by atoms with Crippen LogP contribution in [0.2, 0.25) is 0 Å². The SMILES string of the molecule is COc1ccc(C(C)=NNC(=O)Cc2ccc(C)cc2)cc1. The van der Waals surface area contributed by atoms with Crippen LogP contribution in [0.15, 0.2) is 53.6 Å². The lowest BCUT2D eigenvalue weighted by Crippen LogP contribution is -2.21. The standard InChI is InChI=1S/C18H20N2O2/c1-13-4-6-15(7-5-13)12-18(21)20-19-14(2)16-8-10-17(22-3)11-9-16/h4-11H,12H2,1-3H3,(H,20,21). The molecule has 114 valence electrons. The molecule has 0 fully saturated rings. The van der Waals surface area contributed by atoms with Crippen LogP contribution >= 0.6 is 0 Å². The Hall–Kier alpha value is -2.62. The van der Waals surface area contributed by atoms with Gasteiger partial charge >= 0.3 is 0 Å². The number of nitrogens with zero attached hydrogens (tertiary/aromatic N) is 1. The van der Waals surface area contributed by atoms with Crippen LogP contribution in [-0.4, -0.2) is 18.7 Å². The summed E-state index contributed by atoms with van der Waals surface area (Å²) in [5, 5.41) is 4.14. The van der Waals surface area contributed by atoms with Crippen LogP contribution in [0.3, 0.4) is 0 Å². The van der Waals surface area contributed by atoms with Gasteiger partial charge < -0.3 is 4.74 Å². The van der Waals surface area contributed by atoms with Crippen molar-refractivity contribution in [3.63, 3.8) is 0 Å². The van der Waals surface area contributed by atoms with Crippen LogP contribution in [0.25, 0.3) is 0 Å². The highest BCUT2D eigenvalue weighted by molar-refractivity contribution is 5.99. The zero-order chi connectivity index (χ0) is 15.9. The van der Waals surface area contributed by atoms with E-state index < -0.39 is 0 Å². The summed E-state index contributed by atoms with van der Waals surface area (Å²) in [7, 11) is 1.63. The molecule has 0 heterocycles. The fraction of sp³-hybridized carbons (Fsp3) is 0.222. The van der Waals surface area contributed by atoms with Crippen LogP contribution in [0.4, 0.5) is 0 Å². The third-order valence-electron chi connectivity index (χ3n) is 3.34. The normalized spacial score (nSPS) is 11.1. The molecule has 0 aliphatic heterocycles. The van der Waals surface area contributed by atoms with E-state index in [-0.39, 0.29) is 5.91 Å². The van der Waals surface area contributed by atoms with Gasteiger partial charge in [-0.05, 0) is 49.2 Å². The number of rotatable bonds is 5. The van der Waals surface area contributed by atoms with Crippen molar-refractivity contribution in [1.29, 1.82) is 0 Å². The molecule has 1 N–H and O–H groups in total. The second-order valence-electron chi connectivity index (χ2n) is 5.12. The highest BCUT2D eigenvalue weighted by Crippen LogP contribution is 2.11. The maximum Gasteiger partial charge on any atom is 0.244 e. The number of methoxy groups -OCH3 is 1. The molecular formula is C18H20N2O2. The molecule has 0 unspecified atom stereocenters. The topological polar surface area (TPSA) is 50.7 Å². The van der Waals surface area contributed by atoms with Crippen molar-refractivity contribution in [3.8, 4) is 5.75 Å². The van der Waals surface area contributed by atoms with Gasteiger partial charge in [0.25, 0.3) is 0 Å². The number of amides is 1. The largest absolute Gasteiger partial charge is 0.497 e. The first kappa shape index (κ1) is 15.8. The molecule has 4 nitrogen and oxygen atoms in total. The number of ether oxygens (including phenoxy) is 1. The highest BCUT2D eigenvalue weighted by Gasteiger charge is 2.03. The summed E-state index contributed by atoms with van der Waals surface area (Å²) in [6.45, 7) is 3.88. The van der Waals surface area contributed by atoms with Gasteiger partial charge in [-0.1, -0.05) is 29.8 Å². The van der Waals surface area contributed by atoms with Crippen molar-refractivity contribution in [3.05, 3.63) is 65.2 Å². The van der Waals surface area contributed by atoms with Gasteiger partial charge in [-0.2, -0.15) is 5.10 Å². The zero-order valence-corrected chi connectivity index (χ0v) is 13.1. The van der Waals surface area contributed by atoms with Gasteiger partial charge in [-0.3, -0.25) is 4.79 Å². The van der Waals surface area contributed by atoms with Crippen LogP contribution < -0.4 is 10.2 Å².